The normalized spacial score (nSPS) is 12.1. The van der Waals surface area contributed by atoms with E-state index in [1.165, 1.54) is 6.07 Å². The summed E-state index contributed by atoms with van der Waals surface area (Å²) in [7, 11) is 1.62. The SMILES string of the molecule is CCc1ccc(F)c(C(c2cc3cc(N)ccc3c(N)n2)c2ncc(-c3ccccc3OC)[nH]2)c1. The van der Waals surface area contributed by atoms with Gasteiger partial charge in [-0.15, -0.1) is 0 Å². The zero-order valence-electron chi connectivity index (χ0n) is 19.5. The number of halogens is 1. The summed E-state index contributed by atoms with van der Waals surface area (Å²) in [5, 5.41) is 1.62. The highest BCUT2D eigenvalue weighted by molar-refractivity contribution is 5.93. The van der Waals surface area contributed by atoms with Crippen LogP contribution in [0.3, 0.4) is 0 Å². The van der Waals surface area contributed by atoms with Crippen LogP contribution in [0.5, 0.6) is 5.75 Å². The second kappa shape index (κ2) is 9.10. The molecule has 1 unspecified atom stereocenters. The first-order chi connectivity index (χ1) is 17.0. The van der Waals surface area contributed by atoms with E-state index in [2.05, 4.69) is 15.0 Å². The number of pyridine rings is 1. The number of hydrogen-bond donors (Lipinski definition) is 3. The molecule has 6 nitrogen and oxygen atoms in total. The summed E-state index contributed by atoms with van der Waals surface area (Å²) in [4.78, 5) is 12.7. The maximum Gasteiger partial charge on any atom is 0.131 e. The van der Waals surface area contributed by atoms with Crippen LogP contribution in [0, 0.1) is 5.82 Å². The van der Waals surface area contributed by atoms with Crippen LogP contribution >= 0.6 is 0 Å². The van der Waals surface area contributed by atoms with Crippen molar-refractivity contribution in [2.24, 2.45) is 0 Å². The van der Waals surface area contributed by atoms with Crippen molar-refractivity contribution in [3.63, 3.8) is 0 Å². The number of nitrogen functional groups attached to an aromatic ring is 2. The quantitative estimate of drug-likeness (QED) is 0.279. The Labute approximate surface area is 202 Å². The number of aromatic amines is 1. The van der Waals surface area contributed by atoms with Crippen LogP contribution in [0.15, 0.2) is 72.9 Å². The Balaban J connectivity index is 1.72. The van der Waals surface area contributed by atoms with Gasteiger partial charge in [0.1, 0.15) is 23.2 Å². The van der Waals surface area contributed by atoms with Crippen LogP contribution in [0.2, 0.25) is 0 Å². The molecule has 35 heavy (non-hydrogen) atoms. The van der Waals surface area contributed by atoms with E-state index in [1.54, 1.807) is 25.4 Å². The number of fused-ring (bicyclic) bond motifs is 1. The number of H-pyrrole nitrogens is 1. The number of methoxy groups -OCH3 is 1. The molecule has 5 aromatic rings. The maximum atomic E-state index is 15.3. The van der Waals surface area contributed by atoms with E-state index >= 15 is 4.39 Å². The van der Waals surface area contributed by atoms with Crippen LogP contribution in [0.1, 0.15) is 35.5 Å². The predicted molar refractivity (Wildman–Crippen MR) is 138 cm³/mol. The molecule has 176 valence electrons. The number of para-hydroxylation sites is 1. The van der Waals surface area contributed by atoms with Gasteiger partial charge in [-0.05, 0) is 59.8 Å². The summed E-state index contributed by atoms with van der Waals surface area (Å²) in [6, 6.07) is 20.2. The molecular weight excluding hydrogens is 441 g/mol. The zero-order chi connectivity index (χ0) is 24.5. The molecule has 2 heterocycles. The lowest BCUT2D eigenvalue weighted by Crippen LogP contribution is -2.11. The summed E-state index contributed by atoms with van der Waals surface area (Å²) < 4.78 is 20.8. The van der Waals surface area contributed by atoms with Gasteiger partial charge in [0.15, 0.2) is 0 Å². The third-order valence-electron chi connectivity index (χ3n) is 6.25. The number of nitrogens with zero attached hydrogens (tertiary/aromatic N) is 2. The smallest absolute Gasteiger partial charge is 0.131 e. The van der Waals surface area contributed by atoms with Crippen LogP contribution in [0.4, 0.5) is 15.9 Å². The first kappa shape index (κ1) is 22.4. The predicted octanol–water partition coefficient (Wildman–Crippen LogP) is 5.68. The van der Waals surface area contributed by atoms with Crippen molar-refractivity contribution in [2.45, 2.75) is 19.3 Å². The highest BCUT2D eigenvalue weighted by Crippen LogP contribution is 2.36. The van der Waals surface area contributed by atoms with Gasteiger partial charge in [-0.1, -0.05) is 31.2 Å². The standard InChI is InChI=1S/C28H26FN5O/c1-3-16-8-11-22(29)21(12-16)26(23-14-17-13-18(30)9-10-19(17)27(31)33-23)28-32-15-24(34-28)20-6-4-5-7-25(20)35-2/h4-15,26H,3,30H2,1-2H3,(H2,31,33)(H,32,34). The van der Waals surface area contributed by atoms with E-state index in [1.807, 2.05) is 55.5 Å². The molecule has 5 rings (SSSR count). The van der Waals surface area contributed by atoms with Gasteiger partial charge < -0.3 is 21.2 Å². The third kappa shape index (κ3) is 4.17. The fourth-order valence-electron chi connectivity index (χ4n) is 4.44. The van der Waals surface area contributed by atoms with Gasteiger partial charge in [-0.25, -0.2) is 14.4 Å². The van der Waals surface area contributed by atoms with Gasteiger partial charge in [0.25, 0.3) is 0 Å². The number of aryl methyl sites for hydroxylation is 1. The van der Waals surface area contributed by atoms with E-state index < -0.39 is 5.92 Å². The Morgan fingerprint density at radius 3 is 2.66 bits per heavy atom. The summed E-state index contributed by atoms with van der Waals surface area (Å²) in [5.41, 5.74) is 16.7. The van der Waals surface area contributed by atoms with Crippen molar-refractivity contribution in [2.75, 3.05) is 18.6 Å². The Bertz CT molecular complexity index is 1530. The van der Waals surface area contributed by atoms with Crippen LogP contribution in [0.25, 0.3) is 22.0 Å². The Morgan fingerprint density at radius 2 is 1.86 bits per heavy atom. The average molecular weight is 468 g/mol. The molecule has 0 saturated heterocycles. The fourth-order valence-corrected chi connectivity index (χ4v) is 4.44. The van der Waals surface area contributed by atoms with E-state index in [4.69, 9.17) is 16.2 Å². The molecular formula is C28H26FN5O. The van der Waals surface area contributed by atoms with Crippen molar-refractivity contribution in [3.8, 4) is 17.0 Å². The minimum Gasteiger partial charge on any atom is -0.496 e. The molecule has 2 aromatic heterocycles. The fraction of sp³-hybridized carbons (Fsp3) is 0.143. The number of nitrogens with one attached hydrogen (secondary N) is 1. The summed E-state index contributed by atoms with van der Waals surface area (Å²) in [6.45, 7) is 2.04. The third-order valence-corrected chi connectivity index (χ3v) is 6.25. The maximum absolute atomic E-state index is 15.3. The second-order valence-corrected chi connectivity index (χ2v) is 8.44. The van der Waals surface area contributed by atoms with Gasteiger partial charge in [0, 0.05) is 22.2 Å². The van der Waals surface area contributed by atoms with Crippen molar-refractivity contribution < 1.29 is 9.13 Å². The van der Waals surface area contributed by atoms with Crippen molar-refractivity contribution in [1.29, 1.82) is 0 Å². The highest BCUT2D eigenvalue weighted by Gasteiger charge is 2.26. The molecule has 0 bridgehead atoms. The lowest BCUT2D eigenvalue weighted by atomic mass is 9.91. The van der Waals surface area contributed by atoms with Crippen LogP contribution in [-0.4, -0.2) is 22.1 Å². The van der Waals surface area contributed by atoms with Crippen LogP contribution in [-0.2, 0) is 6.42 Å². The molecule has 3 aromatic carbocycles. The van der Waals surface area contributed by atoms with Gasteiger partial charge in [0.2, 0.25) is 0 Å². The molecule has 0 aliphatic heterocycles. The van der Waals surface area contributed by atoms with E-state index in [0.29, 0.717) is 34.3 Å². The molecule has 5 N–H and O–H groups in total. The number of rotatable bonds is 6. The number of aromatic nitrogens is 3. The van der Waals surface area contributed by atoms with Gasteiger partial charge in [-0.2, -0.15) is 0 Å². The minimum atomic E-state index is -0.613. The molecule has 0 radical (unpaired) electrons. The summed E-state index contributed by atoms with van der Waals surface area (Å²) in [6.07, 6.45) is 2.50. The minimum absolute atomic E-state index is 0.338. The molecule has 0 spiro atoms. The first-order valence-corrected chi connectivity index (χ1v) is 11.4. The highest BCUT2D eigenvalue weighted by atomic mass is 19.1. The number of nitrogens with two attached hydrogens (primary N) is 2. The topological polar surface area (TPSA) is 103 Å². The molecule has 0 amide bonds. The number of hydrogen-bond acceptors (Lipinski definition) is 5. The Hall–Kier alpha value is -4.39. The lowest BCUT2D eigenvalue weighted by Gasteiger charge is -2.18. The monoisotopic (exact) mass is 467 g/mol. The summed E-state index contributed by atoms with van der Waals surface area (Å²) >= 11 is 0. The van der Waals surface area contributed by atoms with Crippen molar-refractivity contribution in [1.82, 2.24) is 15.0 Å². The number of ether oxygens (including phenoxy) is 1. The molecule has 0 aliphatic carbocycles. The molecule has 0 aliphatic rings. The van der Waals surface area contributed by atoms with Gasteiger partial charge in [0.05, 0.1) is 30.6 Å². The average Bonchev–Trinajstić information content (AvgIpc) is 3.34. The largest absolute Gasteiger partial charge is 0.496 e. The van der Waals surface area contributed by atoms with Gasteiger partial charge in [-0.3, -0.25) is 0 Å². The zero-order valence-corrected chi connectivity index (χ0v) is 19.5. The number of imidazole rings is 1. The van der Waals surface area contributed by atoms with Gasteiger partial charge >= 0.3 is 0 Å². The molecule has 1 atom stereocenters. The molecule has 0 fully saturated rings. The first-order valence-electron chi connectivity index (χ1n) is 11.4. The van der Waals surface area contributed by atoms with E-state index in [-0.39, 0.29) is 5.82 Å². The second-order valence-electron chi connectivity index (χ2n) is 8.44. The van der Waals surface area contributed by atoms with Crippen LogP contribution < -0.4 is 16.2 Å². The Kier molecular flexibility index (Phi) is 5.82. The van der Waals surface area contributed by atoms with Crippen molar-refractivity contribution >= 4 is 22.3 Å². The number of benzene rings is 3. The lowest BCUT2D eigenvalue weighted by molar-refractivity contribution is 0.416. The number of anilines is 2. The summed E-state index contributed by atoms with van der Waals surface area (Å²) in [5.74, 6) is 0.662. The van der Waals surface area contributed by atoms with E-state index in [9.17, 15) is 0 Å². The van der Waals surface area contributed by atoms with Crippen molar-refractivity contribution in [3.05, 3.63) is 101 Å². The Morgan fingerprint density at radius 1 is 1.03 bits per heavy atom. The molecule has 0 saturated carbocycles. The van der Waals surface area contributed by atoms with E-state index in [0.717, 1.165) is 34.0 Å². The molecule has 7 heteroatoms.